The first-order valence-corrected chi connectivity index (χ1v) is 6.47. The van der Waals surface area contributed by atoms with Gasteiger partial charge < -0.3 is 11.2 Å². The van der Waals surface area contributed by atoms with E-state index in [1.54, 1.807) is 12.1 Å². The normalized spacial score (nSPS) is 23.5. The number of nitrogens with one attached hydrogen (secondary N) is 1. The number of primary amides is 1. The second-order valence-corrected chi connectivity index (χ2v) is 5.56. The summed E-state index contributed by atoms with van der Waals surface area (Å²) in [6, 6.07) is 3.46. The highest BCUT2D eigenvalue weighted by molar-refractivity contribution is 6.31. The number of hydrazine groups is 1. The number of pyridine rings is 1. The van der Waals surface area contributed by atoms with Gasteiger partial charge in [-0.25, -0.2) is 10.8 Å². The largest absolute Gasteiger partial charge is 0.369 e. The minimum Gasteiger partial charge on any atom is -0.369 e. The number of likely N-dealkylation sites (tertiary alicyclic amines) is 1. The van der Waals surface area contributed by atoms with E-state index in [9.17, 15) is 4.79 Å². The first-order valence-electron chi connectivity index (χ1n) is 6.09. The van der Waals surface area contributed by atoms with Crippen molar-refractivity contribution >= 4 is 23.3 Å². The van der Waals surface area contributed by atoms with Gasteiger partial charge in [-0.15, -0.1) is 0 Å². The first kappa shape index (κ1) is 14.0. The number of hydrogen-bond donors (Lipinski definition) is 3. The average Bonchev–Trinajstić information content (AvgIpc) is 2.75. The Morgan fingerprint density at radius 3 is 2.95 bits per heavy atom. The quantitative estimate of drug-likeness (QED) is 0.559. The number of aromatic nitrogens is 1. The molecule has 5 N–H and O–H groups in total. The summed E-state index contributed by atoms with van der Waals surface area (Å²) in [4.78, 5) is 17.9. The van der Waals surface area contributed by atoms with Crippen LogP contribution in [0.4, 0.5) is 5.82 Å². The lowest BCUT2D eigenvalue weighted by Crippen LogP contribution is -2.37. The van der Waals surface area contributed by atoms with E-state index >= 15 is 0 Å². The molecule has 19 heavy (non-hydrogen) atoms. The maximum absolute atomic E-state index is 11.4. The molecule has 2 rings (SSSR count). The molecule has 7 heteroatoms. The topological polar surface area (TPSA) is 97.3 Å². The zero-order valence-corrected chi connectivity index (χ0v) is 11.6. The van der Waals surface area contributed by atoms with Gasteiger partial charge in [0.1, 0.15) is 5.82 Å². The van der Waals surface area contributed by atoms with Crippen molar-refractivity contribution in [3.63, 3.8) is 0 Å². The molecule has 2 heterocycles. The Balaban J connectivity index is 2.09. The molecule has 0 aromatic carbocycles. The summed E-state index contributed by atoms with van der Waals surface area (Å²) in [6.07, 6.45) is 0.759. The van der Waals surface area contributed by atoms with E-state index in [4.69, 9.17) is 23.2 Å². The van der Waals surface area contributed by atoms with E-state index in [0.29, 0.717) is 23.9 Å². The molecule has 0 radical (unpaired) electrons. The Morgan fingerprint density at radius 2 is 2.37 bits per heavy atom. The molecule has 1 aromatic heterocycles. The second kappa shape index (κ2) is 5.32. The predicted octanol–water partition coefficient (Wildman–Crippen LogP) is 0.718. The molecule has 0 aliphatic carbocycles. The predicted molar refractivity (Wildman–Crippen MR) is 74.3 cm³/mol. The summed E-state index contributed by atoms with van der Waals surface area (Å²) in [5.74, 6) is 5.64. The fourth-order valence-corrected chi connectivity index (χ4v) is 2.45. The van der Waals surface area contributed by atoms with Crippen LogP contribution in [0.15, 0.2) is 12.1 Å². The molecule has 1 unspecified atom stereocenters. The summed E-state index contributed by atoms with van der Waals surface area (Å²) in [6.45, 7) is 3.90. The molecule has 1 fully saturated rings. The van der Waals surface area contributed by atoms with Gasteiger partial charge in [-0.1, -0.05) is 11.6 Å². The molecule has 1 aliphatic rings. The molecule has 0 bridgehead atoms. The number of carbonyl (C=O) groups excluding carboxylic acids is 1. The van der Waals surface area contributed by atoms with E-state index in [0.717, 1.165) is 18.7 Å². The number of nitrogens with zero attached hydrogens (tertiary/aromatic N) is 2. The number of hydrogen-bond acceptors (Lipinski definition) is 5. The Morgan fingerprint density at radius 1 is 1.63 bits per heavy atom. The van der Waals surface area contributed by atoms with Crippen molar-refractivity contribution in [1.29, 1.82) is 0 Å². The molecule has 6 nitrogen and oxygen atoms in total. The van der Waals surface area contributed by atoms with E-state index < -0.39 is 5.41 Å². The molecule has 0 spiro atoms. The van der Waals surface area contributed by atoms with Crippen molar-refractivity contribution in [2.24, 2.45) is 17.0 Å². The molecule has 1 atom stereocenters. The highest BCUT2D eigenvalue weighted by Gasteiger charge is 2.38. The third-order valence-electron chi connectivity index (χ3n) is 3.59. The molecule has 1 amide bonds. The van der Waals surface area contributed by atoms with Crippen molar-refractivity contribution in [2.45, 2.75) is 19.9 Å². The molecule has 1 saturated heterocycles. The Hall–Kier alpha value is -1.37. The van der Waals surface area contributed by atoms with Crippen LogP contribution < -0.4 is 17.0 Å². The molecule has 1 aliphatic heterocycles. The average molecular weight is 284 g/mol. The lowest BCUT2D eigenvalue weighted by Gasteiger charge is -2.21. The van der Waals surface area contributed by atoms with Gasteiger partial charge in [-0.2, -0.15) is 0 Å². The van der Waals surface area contributed by atoms with Gasteiger partial charge in [-0.05, 0) is 32.0 Å². The van der Waals surface area contributed by atoms with Crippen molar-refractivity contribution < 1.29 is 4.79 Å². The van der Waals surface area contributed by atoms with Crippen LogP contribution in [-0.2, 0) is 11.3 Å². The molecular weight excluding hydrogens is 266 g/mol. The van der Waals surface area contributed by atoms with Gasteiger partial charge in [0.15, 0.2) is 0 Å². The van der Waals surface area contributed by atoms with Crippen molar-refractivity contribution in [2.75, 3.05) is 18.5 Å². The van der Waals surface area contributed by atoms with Crippen molar-refractivity contribution in [3.05, 3.63) is 22.8 Å². The molecular formula is C12H18ClN5O. The first-order chi connectivity index (χ1) is 8.94. The van der Waals surface area contributed by atoms with Crippen LogP contribution in [0.1, 0.15) is 19.0 Å². The van der Waals surface area contributed by atoms with Crippen LogP contribution in [0, 0.1) is 5.41 Å². The van der Waals surface area contributed by atoms with Gasteiger partial charge in [0.2, 0.25) is 5.91 Å². The minimum atomic E-state index is -0.462. The highest BCUT2D eigenvalue weighted by Crippen LogP contribution is 2.31. The van der Waals surface area contributed by atoms with Crippen LogP contribution in [0.25, 0.3) is 0 Å². The zero-order valence-electron chi connectivity index (χ0n) is 10.8. The summed E-state index contributed by atoms with van der Waals surface area (Å²) in [5.41, 5.74) is 8.20. The Kier molecular flexibility index (Phi) is 3.93. The number of nitrogen functional groups attached to an aromatic ring is 1. The maximum atomic E-state index is 11.4. The second-order valence-electron chi connectivity index (χ2n) is 5.15. The number of carbonyl (C=O) groups is 1. The maximum Gasteiger partial charge on any atom is 0.224 e. The van der Waals surface area contributed by atoms with Crippen molar-refractivity contribution in [1.82, 2.24) is 9.88 Å². The van der Waals surface area contributed by atoms with Gasteiger partial charge in [0, 0.05) is 13.1 Å². The minimum absolute atomic E-state index is 0.258. The fraction of sp³-hybridized carbons (Fsp3) is 0.500. The third-order valence-corrected chi connectivity index (χ3v) is 3.93. The molecule has 0 saturated carbocycles. The summed E-state index contributed by atoms with van der Waals surface area (Å²) in [7, 11) is 0. The van der Waals surface area contributed by atoms with E-state index in [-0.39, 0.29) is 5.91 Å². The summed E-state index contributed by atoms with van der Waals surface area (Å²) < 4.78 is 0. The Bertz CT molecular complexity index is 495. The van der Waals surface area contributed by atoms with Crippen LogP contribution in [0.5, 0.6) is 0 Å². The van der Waals surface area contributed by atoms with Crippen LogP contribution >= 0.6 is 11.6 Å². The van der Waals surface area contributed by atoms with Gasteiger partial charge in [0.25, 0.3) is 0 Å². The summed E-state index contributed by atoms with van der Waals surface area (Å²) in [5, 5.41) is 0.590. The van der Waals surface area contributed by atoms with E-state index in [2.05, 4.69) is 15.3 Å². The highest BCUT2D eigenvalue weighted by atomic mass is 35.5. The SMILES string of the molecule is CC1(C(N)=O)CCN(Cc2nc(NN)ccc2Cl)C1. The van der Waals surface area contributed by atoms with E-state index in [1.165, 1.54) is 0 Å². The smallest absolute Gasteiger partial charge is 0.224 e. The zero-order chi connectivity index (χ0) is 14.0. The standard InChI is InChI=1S/C12H18ClN5O/c1-12(11(14)19)4-5-18(7-12)6-9-8(13)2-3-10(16-9)17-15/h2-3H,4-7,15H2,1H3,(H2,14,19)(H,16,17). The van der Waals surface area contributed by atoms with Gasteiger partial charge in [-0.3, -0.25) is 9.69 Å². The lowest BCUT2D eigenvalue weighted by molar-refractivity contribution is -0.126. The number of anilines is 1. The monoisotopic (exact) mass is 283 g/mol. The van der Waals surface area contributed by atoms with Crippen molar-refractivity contribution in [3.8, 4) is 0 Å². The number of rotatable bonds is 4. The fourth-order valence-electron chi connectivity index (χ4n) is 2.28. The van der Waals surface area contributed by atoms with Crippen LogP contribution in [0.3, 0.4) is 0 Å². The third kappa shape index (κ3) is 2.97. The Labute approximate surface area is 117 Å². The van der Waals surface area contributed by atoms with E-state index in [1.807, 2.05) is 6.92 Å². The lowest BCUT2D eigenvalue weighted by atomic mass is 9.89. The number of halogens is 1. The van der Waals surface area contributed by atoms with Crippen LogP contribution in [0.2, 0.25) is 5.02 Å². The van der Waals surface area contributed by atoms with Gasteiger partial charge in [0.05, 0.1) is 16.1 Å². The molecule has 104 valence electrons. The summed E-state index contributed by atoms with van der Waals surface area (Å²) >= 11 is 6.12. The number of nitrogens with two attached hydrogens (primary N) is 2. The van der Waals surface area contributed by atoms with Crippen LogP contribution in [-0.4, -0.2) is 28.9 Å². The van der Waals surface area contributed by atoms with Gasteiger partial charge >= 0.3 is 0 Å². The number of amides is 1. The molecule has 1 aromatic rings.